The molecule has 2 aromatic rings. The summed E-state index contributed by atoms with van der Waals surface area (Å²) in [5.41, 5.74) is 7.82. The van der Waals surface area contributed by atoms with Gasteiger partial charge in [0.1, 0.15) is 21.7 Å². The second-order valence-electron chi connectivity index (χ2n) is 6.25. The number of hydrogen-bond donors (Lipinski definition) is 2. The molecular weight excluding hydrogens is 382 g/mol. The number of amidine groups is 1. The fourth-order valence-corrected chi connectivity index (χ4v) is 3.57. The molecule has 1 aliphatic heterocycles. The van der Waals surface area contributed by atoms with E-state index in [9.17, 15) is 4.21 Å². The Kier molecular flexibility index (Phi) is 7.94. The van der Waals surface area contributed by atoms with Gasteiger partial charge in [-0.3, -0.25) is 5.01 Å². The number of rotatable bonds is 3. The lowest BCUT2D eigenvalue weighted by atomic mass is 10.1. The molecule has 0 saturated carbocycles. The minimum Gasteiger partial charge on any atom is -0.388 e. The fourth-order valence-electron chi connectivity index (χ4n) is 2.61. The zero-order chi connectivity index (χ0) is 21.4. The van der Waals surface area contributed by atoms with Crippen LogP contribution in [-0.4, -0.2) is 29.0 Å². The predicted octanol–water partition coefficient (Wildman–Crippen LogP) is 3.33. The van der Waals surface area contributed by atoms with Gasteiger partial charge in [0.05, 0.1) is 5.69 Å². The van der Waals surface area contributed by atoms with Gasteiger partial charge in [-0.15, -0.1) is 0 Å². The Morgan fingerprint density at radius 3 is 2.31 bits per heavy atom. The highest BCUT2D eigenvalue weighted by atomic mass is 32.2. The first-order chi connectivity index (χ1) is 13.9. The van der Waals surface area contributed by atoms with Crippen LogP contribution in [0.15, 0.2) is 100 Å². The highest BCUT2D eigenvalue weighted by Gasteiger charge is 2.26. The first-order valence-corrected chi connectivity index (χ1v) is 10.2. The van der Waals surface area contributed by atoms with E-state index in [0.29, 0.717) is 10.7 Å². The number of hydrogen-bond acceptors (Lipinski definition) is 6. The standard InChI is InChI=1S/C17H19N5OS.C5H8/c1-21(2)16-13-10-6-7-11-14(13)22(19)17(20-16)15(18)24(23)12-8-4-3-5-9-12;1-3-5-4-2/h3-11H,18-19H2,1-2H3;3-5H,1H2,2H3/b17-15+;5-4-. The Balaban J connectivity index is 0.000000537. The van der Waals surface area contributed by atoms with Crippen LogP contribution in [0.4, 0.5) is 5.69 Å². The van der Waals surface area contributed by atoms with E-state index in [0.717, 1.165) is 17.1 Å². The molecule has 7 heteroatoms. The van der Waals surface area contributed by atoms with Crippen molar-refractivity contribution in [2.75, 3.05) is 19.1 Å². The van der Waals surface area contributed by atoms with Crippen molar-refractivity contribution < 1.29 is 4.21 Å². The molecule has 0 aromatic heterocycles. The zero-order valence-corrected chi connectivity index (χ0v) is 17.8. The second kappa shape index (κ2) is 10.4. The van der Waals surface area contributed by atoms with Crippen molar-refractivity contribution in [3.8, 4) is 0 Å². The molecule has 1 unspecified atom stereocenters. The Labute approximate surface area is 175 Å². The third-order valence-corrected chi connectivity index (χ3v) is 5.26. The molecule has 0 amide bonds. The lowest BCUT2D eigenvalue weighted by Crippen LogP contribution is -2.39. The summed E-state index contributed by atoms with van der Waals surface area (Å²) in [6.07, 6.45) is 5.58. The number of allylic oxidation sites excluding steroid dienone is 3. The molecule has 29 heavy (non-hydrogen) atoms. The molecule has 0 bridgehead atoms. The zero-order valence-electron chi connectivity index (χ0n) is 16.9. The van der Waals surface area contributed by atoms with Gasteiger partial charge in [0.2, 0.25) is 0 Å². The van der Waals surface area contributed by atoms with E-state index < -0.39 is 10.8 Å². The van der Waals surface area contributed by atoms with Crippen LogP contribution >= 0.6 is 0 Å². The van der Waals surface area contributed by atoms with E-state index in [1.165, 1.54) is 5.01 Å². The summed E-state index contributed by atoms with van der Waals surface area (Å²) < 4.78 is 12.7. The number of nitrogens with two attached hydrogens (primary N) is 2. The van der Waals surface area contributed by atoms with E-state index in [-0.39, 0.29) is 5.03 Å². The SMILES string of the molecule is C=C/C=C\C.CN(C)C1=N/C(=C(/N)S(=O)c2ccccc2)N(N)c2ccccc21. The number of anilines is 1. The Hall–Kier alpha value is -3.16. The summed E-state index contributed by atoms with van der Waals surface area (Å²) in [4.78, 5) is 7.04. The summed E-state index contributed by atoms with van der Waals surface area (Å²) in [5.74, 6) is 7.21. The number of nitrogens with zero attached hydrogens (tertiary/aromatic N) is 3. The van der Waals surface area contributed by atoms with Crippen LogP contribution in [0.5, 0.6) is 0 Å². The van der Waals surface area contributed by atoms with Crippen molar-refractivity contribution in [1.29, 1.82) is 0 Å². The summed E-state index contributed by atoms with van der Waals surface area (Å²) in [6, 6.07) is 16.6. The van der Waals surface area contributed by atoms with E-state index in [4.69, 9.17) is 11.6 Å². The van der Waals surface area contributed by atoms with Gasteiger partial charge in [-0.2, -0.15) is 0 Å². The van der Waals surface area contributed by atoms with E-state index in [1.54, 1.807) is 18.2 Å². The van der Waals surface area contributed by atoms with Crippen LogP contribution < -0.4 is 16.6 Å². The van der Waals surface area contributed by atoms with Crippen molar-refractivity contribution in [2.45, 2.75) is 11.8 Å². The number of fused-ring (bicyclic) bond motifs is 1. The average Bonchev–Trinajstić information content (AvgIpc) is 2.74. The molecule has 3 rings (SSSR count). The van der Waals surface area contributed by atoms with Crippen LogP contribution in [0.1, 0.15) is 12.5 Å². The number of benzene rings is 2. The van der Waals surface area contributed by atoms with Gasteiger partial charge in [-0.05, 0) is 31.2 Å². The Morgan fingerprint density at radius 2 is 1.76 bits per heavy atom. The molecule has 2 aromatic carbocycles. The largest absolute Gasteiger partial charge is 0.388 e. The van der Waals surface area contributed by atoms with Gasteiger partial charge in [0.15, 0.2) is 5.82 Å². The third kappa shape index (κ3) is 5.22. The van der Waals surface area contributed by atoms with Crippen molar-refractivity contribution >= 4 is 22.3 Å². The molecule has 0 saturated heterocycles. The predicted molar refractivity (Wildman–Crippen MR) is 122 cm³/mol. The molecule has 0 spiro atoms. The van der Waals surface area contributed by atoms with Crippen LogP contribution in [0.3, 0.4) is 0 Å². The maximum Gasteiger partial charge on any atom is 0.182 e. The highest BCUT2D eigenvalue weighted by Crippen LogP contribution is 2.30. The molecule has 1 heterocycles. The fraction of sp³-hybridized carbons (Fsp3) is 0.136. The van der Waals surface area contributed by atoms with Crippen LogP contribution in [0.25, 0.3) is 0 Å². The maximum atomic E-state index is 12.7. The van der Waals surface area contributed by atoms with Gasteiger partial charge in [-0.1, -0.05) is 55.1 Å². The summed E-state index contributed by atoms with van der Waals surface area (Å²) in [7, 11) is 2.24. The van der Waals surface area contributed by atoms with Crippen molar-refractivity contribution in [2.24, 2.45) is 16.6 Å². The van der Waals surface area contributed by atoms with Gasteiger partial charge in [-0.25, -0.2) is 15.0 Å². The summed E-state index contributed by atoms with van der Waals surface area (Å²) in [6.45, 7) is 5.42. The molecule has 6 nitrogen and oxygen atoms in total. The smallest absolute Gasteiger partial charge is 0.182 e. The number of hydrazine groups is 1. The number of aliphatic imine (C=N–C) groups is 1. The maximum absolute atomic E-state index is 12.7. The lowest BCUT2D eigenvalue weighted by molar-refractivity contribution is 0.618. The Morgan fingerprint density at radius 1 is 1.14 bits per heavy atom. The molecule has 0 aliphatic carbocycles. The second-order valence-corrected chi connectivity index (χ2v) is 7.70. The number of para-hydroxylation sites is 1. The molecule has 0 radical (unpaired) electrons. The molecule has 1 aliphatic rings. The third-order valence-electron chi connectivity index (χ3n) is 3.97. The quantitative estimate of drug-likeness (QED) is 0.600. The normalized spacial score (nSPS) is 15.6. The van der Waals surface area contributed by atoms with E-state index in [1.807, 2.05) is 80.5 Å². The van der Waals surface area contributed by atoms with Crippen LogP contribution in [-0.2, 0) is 10.8 Å². The molecule has 1 atom stereocenters. The van der Waals surface area contributed by atoms with Gasteiger partial charge < -0.3 is 10.6 Å². The van der Waals surface area contributed by atoms with Gasteiger partial charge in [0, 0.05) is 24.6 Å². The Bertz CT molecular complexity index is 964. The first-order valence-electron chi connectivity index (χ1n) is 9.02. The highest BCUT2D eigenvalue weighted by molar-refractivity contribution is 7.89. The summed E-state index contributed by atoms with van der Waals surface area (Å²) >= 11 is 0. The minimum atomic E-state index is -1.54. The molecule has 152 valence electrons. The van der Waals surface area contributed by atoms with Gasteiger partial charge in [0.25, 0.3) is 0 Å². The van der Waals surface area contributed by atoms with E-state index >= 15 is 0 Å². The van der Waals surface area contributed by atoms with Crippen molar-refractivity contribution in [3.63, 3.8) is 0 Å². The average molecular weight is 410 g/mol. The van der Waals surface area contributed by atoms with Crippen LogP contribution in [0.2, 0.25) is 0 Å². The van der Waals surface area contributed by atoms with Crippen molar-refractivity contribution in [1.82, 2.24) is 4.90 Å². The summed E-state index contributed by atoms with van der Waals surface area (Å²) in [5, 5.41) is 1.51. The van der Waals surface area contributed by atoms with Gasteiger partial charge >= 0.3 is 0 Å². The first kappa shape index (κ1) is 22.1. The molecular formula is C22H27N5OS. The monoisotopic (exact) mass is 409 g/mol. The van der Waals surface area contributed by atoms with Crippen molar-refractivity contribution in [3.05, 3.63) is 95.8 Å². The van der Waals surface area contributed by atoms with Crippen LogP contribution in [0, 0.1) is 0 Å². The topological polar surface area (TPSA) is 88.0 Å². The molecule has 0 fully saturated rings. The molecule has 4 N–H and O–H groups in total. The van der Waals surface area contributed by atoms with E-state index in [2.05, 4.69) is 11.6 Å². The minimum absolute atomic E-state index is 0.123. The lowest BCUT2D eigenvalue weighted by Gasteiger charge is -2.30.